The Labute approximate surface area is 184 Å². The van der Waals surface area contributed by atoms with E-state index in [-0.39, 0.29) is 6.10 Å². The van der Waals surface area contributed by atoms with Crippen LogP contribution in [-0.2, 0) is 4.74 Å². The van der Waals surface area contributed by atoms with Crippen molar-refractivity contribution in [3.05, 3.63) is 11.3 Å². The molecule has 0 amide bonds. The molecule has 0 unspecified atom stereocenters. The van der Waals surface area contributed by atoms with Crippen LogP contribution in [0.1, 0.15) is 91.9 Å². The molecule has 1 aliphatic heterocycles. The minimum absolute atomic E-state index is 0.0408. The minimum atomic E-state index is -0.0408. The van der Waals surface area contributed by atoms with E-state index in [1.165, 1.54) is 44.3 Å². The highest BCUT2D eigenvalue weighted by Gasteiger charge is 2.64. The summed E-state index contributed by atoms with van der Waals surface area (Å²) in [5.74, 6) is 5.86. The third-order valence-electron chi connectivity index (χ3n) is 11.1. The number of aliphatic hydroxyl groups is 1. The number of aliphatic hydroxyl groups excluding tert-OH is 1. The first-order valence-corrected chi connectivity index (χ1v) is 13.0. The molecule has 5 rings (SSSR count). The highest BCUT2D eigenvalue weighted by molar-refractivity contribution is 5.26. The van der Waals surface area contributed by atoms with Crippen LogP contribution in [0.3, 0.4) is 0 Å². The molecule has 0 aromatic carbocycles. The molecule has 4 saturated carbocycles. The van der Waals surface area contributed by atoms with Crippen LogP contribution >= 0.6 is 0 Å². The fourth-order valence-corrected chi connectivity index (χ4v) is 9.31. The summed E-state index contributed by atoms with van der Waals surface area (Å²) in [6.45, 7) is 10.6. The minimum Gasteiger partial charge on any atom is -0.494 e. The highest BCUT2D eigenvalue weighted by atomic mass is 16.5. The molecule has 30 heavy (non-hydrogen) atoms. The third-order valence-corrected chi connectivity index (χ3v) is 11.1. The summed E-state index contributed by atoms with van der Waals surface area (Å²) < 4.78 is 6.68. The van der Waals surface area contributed by atoms with Crippen molar-refractivity contribution in [1.29, 1.82) is 0 Å². The number of nitrogens with two attached hydrogens (primary N) is 1. The molecular weight excluding hydrogens is 370 g/mol. The van der Waals surface area contributed by atoms with Crippen molar-refractivity contribution in [2.24, 2.45) is 52.1 Å². The van der Waals surface area contributed by atoms with Gasteiger partial charge in [0.25, 0.3) is 0 Å². The van der Waals surface area contributed by atoms with Gasteiger partial charge in [0.2, 0.25) is 0 Å². The Kier molecular flexibility index (Phi) is 5.33. The predicted octanol–water partition coefficient (Wildman–Crippen LogP) is 5.66. The molecule has 0 aromatic heterocycles. The van der Waals surface area contributed by atoms with E-state index in [1.54, 1.807) is 5.57 Å². The maximum absolute atomic E-state index is 10.3. The van der Waals surface area contributed by atoms with E-state index in [4.69, 9.17) is 10.5 Å². The van der Waals surface area contributed by atoms with Crippen molar-refractivity contribution in [3.8, 4) is 0 Å². The molecule has 0 radical (unpaired) electrons. The van der Waals surface area contributed by atoms with Crippen LogP contribution in [-0.4, -0.2) is 23.9 Å². The lowest BCUT2D eigenvalue weighted by atomic mass is 9.44. The maximum Gasteiger partial charge on any atom is 0.106 e. The van der Waals surface area contributed by atoms with Crippen molar-refractivity contribution in [1.82, 2.24) is 0 Å². The number of ether oxygens (including phenoxy) is 1. The largest absolute Gasteiger partial charge is 0.494 e. The van der Waals surface area contributed by atoms with Crippen LogP contribution in [0, 0.1) is 46.3 Å². The van der Waals surface area contributed by atoms with Crippen LogP contribution in [0.15, 0.2) is 11.3 Å². The zero-order chi connectivity index (χ0) is 21.3. The number of hydrogen-bond donors (Lipinski definition) is 2. The van der Waals surface area contributed by atoms with Gasteiger partial charge in [-0.05, 0) is 117 Å². The summed E-state index contributed by atoms with van der Waals surface area (Å²) in [5, 5.41) is 10.3. The molecule has 5 aliphatic rings. The van der Waals surface area contributed by atoms with Crippen LogP contribution in [0.5, 0.6) is 0 Å². The average molecular weight is 416 g/mol. The van der Waals surface area contributed by atoms with Gasteiger partial charge in [-0.1, -0.05) is 20.8 Å². The normalized spacial score (nSPS) is 50.9. The third kappa shape index (κ3) is 3.04. The fourth-order valence-electron chi connectivity index (χ4n) is 9.31. The Bertz CT molecular complexity index is 703. The van der Waals surface area contributed by atoms with E-state index in [1.807, 2.05) is 0 Å². The average Bonchev–Trinajstić information content (AvgIpc) is 3.20. The first-order valence-electron chi connectivity index (χ1n) is 13.0. The molecular formula is C27H45NO2. The maximum atomic E-state index is 10.3. The van der Waals surface area contributed by atoms with Crippen molar-refractivity contribution in [2.75, 3.05) is 6.54 Å². The Morgan fingerprint density at radius 3 is 2.60 bits per heavy atom. The van der Waals surface area contributed by atoms with Gasteiger partial charge in [0.05, 0.1) is 11.9 Å². The monoisotopic (exact) mass is 415 g/mol. The molecule has 170 valence electrons. The summed E-state index contributed by atoms with van der Waals surface area (Å²) in [6.07, 6.45) is 12.7. The van der Waals surface area contributed by atoms with Gasteiger partial charge in [-0.15, -0.1) is 0 Å². The van der Waals surface area contributed by atoms with Gasteiger partial charge < -0.3 is 15.6 Å². The summed E-state index contributed by atoms with van der Waals surface area (Å²) in [6, 6.07) is 0. The zero-order valence-corrected chi connectivity index (χ0v) is 19.8. The van der Waals surface area contributed by atoms with Crippen molar-refractivity contribution < 1.29 is 9.84 Å². The lowest BCUT2D eigenvalue weighted by molar-refractivity contribution is -0.124. The van der Waals surface area contributed by atoms with Gasteiger partial charge in [0.1, 0.15) is 6.10 Å². The molecule has 1 heterocycles. The summed E-state index contributed by atoms with van der Waals surface area (Å²) in [7, 11) is 0. The van der Waals surface area contributed by atoms with E-state index < -0.39 is 0 Å². The fraction of sp³-hybridized carbons (Fsp3) is 0.926. The van der Waals surface area contributed by atoms with Crippen LogP contribution in [0.25, 0.3) is 0 Å². The molecule has 4 aliphatic carbocycles. The molecule has 0 spiro atoms. The Balaban J connectivity index is 1.36. The van der Waals surface area contributed by atoms with E-state index in [9.17, 15) is 5.11 Å². The van der Waals surface area contributed by atoms with Crippen LogP contribution in [0.2, 0.25) is 0 Å². The molecule has 0 saturated heterocycles. The smallest absolute Gasteiger partial charge is 0.106 e. The van der Waals surface area contributed by atoms with Gasteiger partial charge in [0, 0.05) is 12.3 Å². The summed E-state index contributed by atoms with van der Waals surface area (Å²) >= 11 is 0. The quantitative estimate of drug-likeness (QED) is 0.622. The Hall–Kier alpha value is -0.540. The molecule has 3 N–H and O–H groups in total. The van der Waals surface area contributed by atoms with Gasteiger partial charge in [-0.25, -0.2) is 0 Å². The van der Waals surface area contributed by atoms with Gasteiger partial charge in [0.15, 0.2) is 0 Å². The summed E-state index contributed by atoms with van der Waals surface area (Å²) in [5.41, 5.74) is 8.32. The van der Waals surface area contributed by atoms with Gasteiger partial charge >= 0.3 is 0 Å². The van der Waals surface area contributed by atoms with Crippen molar-refractivity contribution >= 4 is 0 Å². The first-order chi connectivity index (χ1) is 14.3. The molecule has 4 fully saturated rings. The SMILES string of the molecule is CC1=C(CC[C@H](C)CN)O[C@H]2C[C@H]3[C@@H]4CC[C@H]5C[C@@H](O)CC[C@]5(C)[C@H]4CC[C@]3(C)[C@@H]12. The lowest BCUT2D eigenvalue weighted by Crippen LogP contribution is -2.54. The summed E-state index contributed by atoms with van der Waals surface area (Å²) in [4.78, 5) is 0. The van der Waals surface area contributed by atoms with Gasteiger partial charge in [-0.3, -0.25) is 0 Å². The lowest BCUT2D eigenvalue weighted by Gasteiger charge is -2.60. The van der Waals surface area contributed by atoms with E-state index in [0.29, 0.717) is 28.8 Å². The van der Waals surface area contributed by atoms with Crippen molar-refractivity contribution in [2.45, 2.75) is 104 Å². The first kappa shape index (κ1) is 21.3. The molecule has 0 aromatic rings. The second-order valence-corrected chi connectivity index (χ2v) is 12.5. The highest BCUT2D eigenvalue weighted by Crippen LogP contribution is 2.69. The number of fused-ring (bicyclic) bond motifs is 7. The topological polar surface area (TPSA) is 55.5 Å². The molecule has 3 nitrogen and oxygen atoms in total. The number of allylic oxidation sites excluding steroid dienone is 1. The van der Waals surface area contributed by atoms with Crippen LogP contribution in [0.4, 0.5) is 0 Å². The number of rotatable bonds is 4. The molecule has 3 heteroatoms. The standard InChI is InChI=1S/C27H45NO2/c1-16(15-28)5-8-23-17(2)25-24(30-23)14-22-20-7-6-18-13-19(29)9-11-26(18,3)21(20)10-12-27(22,25)4/h16,18-22,24-25,29H,5-15,28H2,1-4H3/t16-,18-,19-,20+,21-,22-,24-,25-,26-,27-/m0/s1. The Morgan fingerprint density at radius 1 is 1.07 bits per heavy atom. The van der Waals surface area contributed by atoms with E-state index in [2.05, 4.69) is 27.7 Å². The second-order valence-electron chi connectivity index (χ2n) is 12.5. The second kappa shape index (κ2) is 7.51. The van der Waals surface area contributed by atoms with Crippen LogP contribution < -0.4 is 5.73 Å². The van der Waals surface area contributed by atoms with E-state index >= 15 is 0 Å². The molecule has 0 bridgehead atoms. The molecule has 10 atom stereocenters. The van der Waals surface area contributed by atoms with E-state index in [0.717, 1.165) is 55.9 Å². The van der Waals surface area contributed by atoms with Gasteiger partial charge in [-0.2, -0.15) is 0 Å². The predicted molar refractivity (Wildman–Crippen MR) is 122 cm³/mol. The number of hydrogen-bond acceptors (Lipinski definition) is 3. The zero-order valence-electron chi connectivity index (χ0n) is 19.8. The Morgan fingerprint density at radius 2 is 1.83 bits per heavy atom. The van der Waals surface area contributed by atoms with Crippen molar-refractivity contribution in [3.63, 3.8) is 0 Å².